The predicted molar refractivity (Wildman–Crippen MR) is 136 cm³/mol. The summed E-state index contributed by atoms with van der Waals surface area (Å²) in [5.41, 5.74) is 6.69. The SMILES string of the molecule is COC1CCN(c2ccc(N3CCN(CC(C)C)CC3)c(C3=CCC4(CC3)CC4)c2)CC1. The summed E-state index contributed by atoms with van der Waals surface area (Å²) in [6.07, 6.45) is 12.2. The molecule has 0 aromatic heterocycles. The van der Waals surface area contributed by atoms with Gasteiger partial charge in [0.25, 0.3) is 0 Å². The van der Waals surface area contributed by atoms with E-state index in [9.17, 15) is 0 Å². The van der Waals surface area contributed by atoms with Crippen LogP contribution < -0.4 is 9.80 Å². The van der Waals surface area contributed by atoms with E-state index < -0.39 is 0 Å². The molecule has 2 heterocycles. The van der Waals surface area contributed by atoms with Gasteiger partial charge in [-0.05, 0) is 80.1 Å². The van der Waals surface area contributed by atoms with E-state index in [1.807, 2.05) is 7.11 Å². The Balaban J connectivity index is 1.37. The fourth-order valence-corrected chi connectivity index (χ4v) is 6.11. The summed E-state index contributed by atoms with van der Waals surface area (Å²) >= 11 is 0. The lowest BCUT2D eigenvalue weighted by molar-refractivity contribution is 0.0819. The molecule has 0 unspecified atom stereocenters. The highest BCUT2D eigenvalue weighted by Crippen LogP contribution is 2.57. The van der Waals surface area contributed by atoms with Gasteiger partial charge in [-0.3, -0.25) is 4.90 Å². The number of hydrogen-bond acceptors (Lipinski definition) is 4. The van der Waals surface area contributed by atoms with E-state index in [2.05, 4.69) is 52.8 Å². The maximum atomic E-state index is 5.60. The highest BCUT2D eigenvalue weighted by molar-refractivity contribution is 5.80. The van der Waals surface area contributed by atoms with Crippen LogP contribution in [0.2, 0.25) is 0 Å². The number of methoxy groups -OCH3 is 1. The van der Waals surface area contributed by atoms with E-state index in [4.69, 9.17) is 4.74 Å². The molecule has 4 heteroatoms. The zero-order valence-corrected chi connectivity index (χ0v) is 20.6. The first kappa shape index (κ1) is 22.3. The lowest BCUT2D eigenvalue weighted by Crippen LogP contribution is -2.47. The molecule has 0 radical (unpaired) electrons. The normalized spacial score (nSPS) is 24.3. The van der Waals surface area contributed by atoms with E-state index >= 15 is 0 Å². The summed E-state index contributed by atoms with van der Waals surface area (Å²) in [6.45, 7) is 12.8. The molecule has 1 spiro atoms. The molecule has 0 N–H and O–H groups in total. The molecule has 2 aliphatic heterocycles. The van der Waals surface area contributed by atoms with Crippen molar-refractivity contribution in [1.82, 2.24) is 4.90 Å². The van der Waals surface area contributed by atoms with Gasteiger partial charge in [0, 0.05) is 69.9 Å². The molecule has 0 bridgehead atoms. The molecule has 5 rings (SSSR count). The van der Waals surface area contributed by atoms with Crippen molar-refractivity contribution in [2.45, 2.75) is 64.9 Å². The summed E-state index contributed by atoms with van der Waals surface area (Å²) in [5, 5.41) is 0. The first-order valence-corrected chi connectivity index (χ1v) is 13.1. The third-order valence-electron chi connectivity index (χ3n) is 8.47. The Morgan fingerprint density at radius 3 is 2.31 bits per heavy atom. The summed E-state index contributed by atoms with van der Waals surface area (Å²) in [4.78, 5) is 7.89. The average Bonchev–Trinajstić information content (AvgIpc) is 3.58. The minimum Gasteiger partial charge on any atom is -0.381 e. The van der Waals surface area contributed by atoms with Crippen molar-refractivity contribution < 1.29 is 4.74 Å². The monoisotopic (exact) mass is 437 g/mol. The van der Waals surface area contributed by atoms with Crippen molar-refractivity contribution in [3.8, 4) is 0 Å². The molecule has 0 atom stereocenters. The number of anilines is 2. The molecule has 4 aliphatic rings. The second-order valence-corrected chi connectivity index (χ2v) is 11.2. The van der Waals surface area contributed by atoms with E-state index in [1.165, 1.54) is 68.7 Å². The van der Waals surface area contributed by atoms with E-state index in [0.29, 0.717) is 11.5 Å². The van der Waals surface area contributed by atoms with Crippen LogP contribution in [0.15, 0.2) is 24.3 Å². The summed E-state index contributed by atoms with van der Waals surface area (Å²) in [5.74, 6) is 0.751. The quantitative estimate of drug-likeness (QED) is 0.591. The third-order valence-corrected chi connectivity index (χ3v) is 8.47. The van der Waals surface area contributed by atoms with Crippen LogP contribution in [0.4, 0.5) is 11.4 Å². The molecule has 2 saturated heterocycles. The minimum atomic E-state index is 0.433. The van der Waals surface area contributed by atoms with Crippen molar-refractivity contribution in [2.75, 3.05) is 62.7 Å². The van der Waals surface area contributed by atoms with Crippen LogP contribution in [0, 0.1) is 11.3 Å². The molecule has 32 heavy (non-hydrogen) atoms. The molecule has 4 nitrogen and oxygen atoms in total. The maximum Gasteiger partial charge on any atom is 0.0605 e. The zero-order valence-electron chi connectivity index (χ0n) is 20.6. The summed E-state index contributed by atoms with van der Waals surface area (Å²) < 4.78 is 5.60. The molecule has 1 aromatic rings. The summed E-state index contributed by atoms with van der Waals surface area (Å²) in [6, 6.07) is 7.35. The van der Waals surface area contributed by atoms with Crippen molar-refractivity contribution in [3.05, 3.63) is 29.8 Å². The van der Waals surface area contributed by atoms with Gasteiger partial charge in [-0.25, -0.2) is 0 Å². The van der Waals surface area contributed by atoms with Gasteiger partial charge >= 0.3 is 0 Å². The van der Waals surface area contributed by atoms with Crippen LogP contribution in [-0.2, 0) is 4.74 Å². The van der Waals surface area contributed by atoms with Crippen LogP contribution in [-0.4, -0.2) is 63.9 Å². The standard InChI is InChI=1S/C28H43N3O/c1-22(2)21-29-16-18-31(19-17-29)27-5-4-24(30-14-8-25(32-3)9-15-30)20-26(27)23-6-10-28(11-7-23)12-13-28/h4-6,20,22,25H,7-19,21H2,1-3H3. The highest BCUT2D eigenvalue weighted by Gasteiger charge is 2.43. The molecule has 1 aromatic carbocycles. The minimum absolute atomic E-state index is 0.433. The molecule has 2 aliphatic carbocycles. The number of nitrogens with zero attached hydrogens (tertiary/aromatic N) is 3. The number of allylic oxidation sites excluding steroid dienone is 2. The van der Waals surface area contributed by atoms with Gasteiger partial charge in [0.2, 0.25) is 0 Å². The lowest BCUT2D eigenvalue weighted by Gasteiger charge is -2.39. The second kappa shape index (κ2) is 9.38. The highest BCUT2D eigenvalue weighted by atomic mass is 16.5. The average molecular weight is 438 g/mol. The molecule has 3 fully saturated rings. The number of benzene rings is 1. The molecule has 0 amide bonds. The number of piperidine rings is 1. The fraction of sp³-hybridized carbons (Fsp3) is 0.714. The van der Waals surface area contributed by atoms with Crippen molar-refractivity contribution >= 4 is 16.9 Å². The van der Waals surface area contributed by atoms with Crippen LogP contribution >= 0.6 is 0 Å². The smallest absolute Gasteiger partial charge is 0.0605 e. The van der Waals surface area contributed by atoms with Crippen molar-refractivity contribution in [2.24, 2.45) is 11.3 Å². The Bertz CT molecular complexity index is 812. The number of piperazine rings is 1. The van der Waals surface area contributed by atoms with Gasteiger partial charge in [0.05, 0.1) is 6.10 Å². The van der Waals surface area contributed by atoms with E-state index in [1.54, 1.807) is 5.57 Å². The number of hydrogen-bond donors (Lipinski definition) is 0. The van der Waals surface area contributed by atoms with Gasteiger partial charge in [0.1, 0.15) is 0 Å². The predicted octanol–water partition coefficient (Wildman–Crippen LogP) is 5.43. The van der Waals surface area contributed by atoms with Crippen LogP contribution in [0.5, 0.6) is 0 Å². The Labute approximate surface area is 195 Å². The second-order valence-electron chi connectivity index (χ2n) is 11.2. The molecule has 176 valence electrons. The fourth-order valence-electron chi connectivity index (χ4n) is 6.11. The van der Waals surface area contributed by atoms with Gasteiger partial charge in [0.15, 0.2) is 0 Å². The van der Waals surface area contributed by atoms with Gasteiger partial charge in [-0.1, -0.05) is 19.9 Å². The Hall–Kier alpha value is -1.52. The van der Waals surface area contributed by atoms with Gasteiger partial charge in [-0.15, -0.1) is 0 Å². The van der Waals surface area contributed by atoms with Gasteiger partial charge in [-0.2, -0.15) is 0 Å². The Morgan fingerprint density at radius 2 is 1.72 bits per heavy atom. The van der Waals surface area contributed by atoms with Crippen LogP contribution in [0.3, 0.4) is 0 Å². The maximum absolute atomic E-state index is 5.60. The number of ether oxygens (including phenoxy) is 1. The van der Waals surface area contributed by atoms with E-state index in [0.717, 1.165) is 44.9 Å². The largest absolute Gasteiger partial charge is 0.381 e. The van der Waals surface area contributed by atoms with Crippen LogP contribution in [0.25, 0.3) is 5.57 Å². The molecular weight excluding hydrogens is 394 g/mol. The lowest BCUT2D eigenvalue weighted by atomic mass is 9.83. The Kier molecular flexibility index (Phi) is 6.53. The third kappa shape index (κ3) is 4.87. The summed E-state index contributed by atoms with van der Waals surface area (Å²) in [7, 11) is 1.86. The topological polar surface area (TPSA) is 19.0 Å². The van der Waals surface area contributed by atoms with E-state index in [-0.39, 0.29) is 0 Å². The molecular formula is C28H43N3O. The number of rotatable bonds is 6. The molecule has 1 saturated carbocycles. The van der Waals surface area contributed by atoms with Gasteiger partial charge < -0.3 is 14.5 Å². The zero-order chi connectivity index (χ0) is 22.1. The van der Waals surface area contributed by atoms with Crippen molar-refractivity contribution in [1.29, 1.82) is 0 Å². The first-order chi connectivity index (χ1) is 15.5. The first-order valence-electron chi connectivity index (χ1n) is 13.1. The Morgan fingerprint density at radius 1 is 0.969 bits per heavy atom. The van der Waals surface area contributed by atoms with Crippen LogP contribution in [0.1, 0.15) is 64.4 Å². The van der Waals surface area contributed by atoms with Crippen molar-refractivity contribution in [3.63, 3.8) is 0 Å².